The Balaban J connectivity index is 0. The van der Waals surface area contributed by atoms with Gasteiger partial charge in [0.15, 0.2) is 0 Å². The predicted molar refractivity (Wildman–Crippen MR) is 53.8 cm³/mol. The second-order valence-corrected chi connectivity index (χ2v) is 3.26. The monoisotopic (exact) mass is 176 g/mol. The van der Waals surface area contributed by atoms with Crippen molar-refractivity contribution >= 4 is 0 Å². The van der Waals surface area contributed by atoms with E-state index < -0.39 is 0 Å². The van der Waals surface area contributed by atoms with E-state index in [0.717, 1.165) is 0 Å². The summed E-state index contributed by atoms with van der Waals surface area (Å²) >= 11 is 0. The fourth-order valence-electron chi connectivity index (χ4n) is 1.56. The molecule has 0 unspecified atom stereocenters. The molecule has 0 aromatic carbocycles. The summed E-state index contributed by atoms with van der Waals surface area (Å²) in [6, 6.07) is 0. The molecule has 1 aliphatic rings. The molecule has 0 aromatic rings. The topological polar surface area (TPSA) is 69.7 Å². The largest absolute Gasteiger partial charge is 0.412 e. The van der Waals surface area contributed by atoms with Crippen LogP contribution < -0.4 is 6.15 Å². The average Bonchev–Trinajstić information content (AvgIpc) is 2.03. The van der Waals surface area contributed by atoms with Gasteiger partial charge in [0.1, 0.15) is 0 Å². The van der Waals surface area contributed by atoms with Gasteiger partial charge in [0, 0.05) is 0 Å². The van der Waals surface area contributed by atoms with E-state index in [1.807, 2.05) is 0 Å². The highest BCUT2D eigenvalue weighted by atomic mass is 16.0. The van der Waals surface area contributed by atoms with Crippen LogP contribution in [-0.4, -0.2) is 30.0 Å². The van der Waals surface area contributed by atoms with Gasteiger partial charge in [-0.1, -0.05) is 19.8 Å². The third-order valence-corrected chi connectivity index (χ3v) is 2.28. The highest BCUT2D eigenvalue weighted by Crippen LogP contribution is 2.08. The normalized spacial score (nSPS) is 17.8. The molecule has 76 valence electrons. The van der Waals surface area contributed by atoms with Crippen molar-refractivity contribution in [1.82, 2.24) is 11.1 Å². The second-order valence-electron chi connectivity index (χ2n) is 3.26. The quantitative estimate of drug-likeness (QED) is 0.709. The maximum atomic E-state index is 2.60. The molecule has 0 aromatic heterocycles. The fraction of sp³-hybridized carbons (Fsp3) is 1.00. The molecule has 3 nitrogen and oxygen atoms in total. The third-order valence-electron chi connectivity index (χ3n) is 2.28. The maximum absolute atomic E-state index is 2.60. The summed E-state index contributed by atoms with van der Waals surface area (Å²) in [7, 11) is 0. The van der Waals surface area contributed by atoms with Crippen LogP contribution in [0.4, 0.5) is 0 Å². The molecule has 1 rings (SSSR count). The molecule has 0 bridgehead atoms. The van der Waals surface area contributed by atoms with Crippen LogP contribution in [0, 0.1) is 0 Å². The van der Waals surface area contributed by atoms with E-state index in [9.17, 15) is 0 Å². The number of piperidine rings is 1. The van der Waals surface area contributed by atoms with Gasteiger partial charge < -0.3 is 16.5 Å². The van der Waals surface area contributed by atoms with Crippen molar-refractivity contribution in [2.75, 3.05) is 19.6 Å². The maximum Gasteiger partial charge on any atom is -0.00187 e. The van der Waals surface area contributed by atoms with Crippen molar-refractivity contribution in [3.63, 3.8) is 0 Å². The molecular weight excluding hydrogens is 152 g/mol. The van der Waals surface area contributed by atoms with Gasteiger partial charge in [-0.3, -0.25) is 0 Å². The highest BCUT2D eigenvalue weighted by Gasteiger charge is 2.07. The van der Waals surface area contributed by atoms with E-state index in [2.05, 4.69) is 11.8 Å². The minimum absolute atomic E-state index is 0. The first-order chi connectivity index (χ1) is 4.93. The van der Waals surface area contributed by atoms with Gasteiger partial charge in [-0.2, -0.15) is 0 Å². The van der Waals surface area contributed by atoms with Crippen molar-refractivity contribution in [3.05, 3.63) is 0 Å². The van der Waals surface area contributed by atoms with Crippen LogP contribution in [-0.2, 0) is 0 Å². The minimum atomic E-state index is 0. The van der Waals surface area contributed by atoms with Gasteiger partial charge in [0.05, 0.1) is 0 Å². The molecular formula is C9H24N2O. The molecule has 5 N–H and O–H groups in total. The van der Waals surface area contributed by atoms with Crippen molar-refractivity contribution in [2.45, 2.75) is 39.0 Å². The molecule has 3 heteroatoms. The van der Waals surface area contributed by atoms with E-state index in [0.29, 0.717) is 0 Å². The van der Waals surface area contributed by atoms with E-state index in [1.165, 1.54) is 51.7 Å². The Labute approximate surface area is 76.0 Å². The molecule has 0 amide bonds. The average molecular weight is 176 g/mol. The first kappa shape index (κ1) is 14.4. The first-order valence-corrected chi connectivity index (χ1v) is 4.66. The Morgan fingerprint density at radius 3 is 2.17 bits per heavy atom. The van der Waals surface area contributed by atoms with Gasteiger partial charge in [0.25, 0.3) is 0 Å². The lowest BCUT2D eigenvalue weighted by Crippen LogP contribution is -2.30. The zero-order valence-corrected chi connectivity index (χ0v) is 8.31. The zero-order valence-electron chi connectivity index (χ0n) is 8.31. The SMILES string of the molecule is CCCCN1CCCCC1.N.O. The summed E-state index contributed by atoms with van der Waals surface area (Å²) < 4.78 is 0. The number of hydrogen-bond donors (Lipinski definition) is 1. The van der Waals surface area contributed by atoms with Crippen LogP contribution in [0.25, 0.3) is 0 Å². The van der Waals surface area contributed by atoms with Gasteiger partial charge in [0.2, 0.25) is 0 Å². The molecule has 0 spiro atoms. The molecule has 1 aliphatic heterocycles. The van der Waals surface area contributed by atoms with E-state index >= 15 is 0 Å². The van der Waals surface area contributed by atoms with E-state index in [1.54, 1.807) is 0 Å². The summed E-state index contributed by atoms with van der Waals surface area (Å²) in [6.45, 7) is 6.33. The molecule has 0 atom stereocenters. The molecule has 0 saturated carbocycles. The fourth-order valence-corrected chi connectivity index (χ4v) is 1.56. The Morgan fingerprint density at radius 2 is 1.67 bits per heavy atom. The third kappa shape index (κ3) is 5.52. The van der Waals surface area contributed by atoms with Crippen LogP contribution in [0.1, 0.15) is 39.0 Å². The summed E-state index contributed by atoms with van der Waals surface area (Å²) in [5, 5.41) is 0. The minimum Gasteiger partial charge on any atom is -0.412 e. The standard InChI is InChI=1S/C9H19N.H3N.H2O/c1-2-3-7-10-8-5-4-6-9-10;;/h2-9H2,1H3;1H3;1H2. The van der Waals surface area contributed by atoms with Crippen LogP contribution in [0.15, 0.2) is 0 Å². The smallest absolute Gasteiger partial charge is 0.00187 e. The van der Waals surface area contributed by atoms with Crippen LogP contribution in [0.2, 0.25) is 0 Å². The zero-order chi connectivity index (χ0) is 7.23. The van der Waals surface area contributed by atoms with Crippen molar-refractivity contribution in [1.29, 1.82) is 0 Å². The second kappa shape index (κ2) is 8.97. The van der Waals surface area contributed by atoms with Gasteiger partial charge in [-0.05, 0) is 38.9 Å². The van der Waals surface area contributed by atoms with Gasteiger partial charge in [-0.25, -0.2) is 0 Å². The Hall–Kier alpha value is -0.120. The van der Waals surface area contributed by atoms with Crippen molar-refractivity contribution in [3.8, 4) is 0 Å². The van der Waals surface area contributed by atoms with E-state index in [-0.39, 0.29) is 11.6 Å². The summed E-state index contributed by atoms with van der Waals surface area (Å²) in [4.78, 5) is 2.60. The number of nitrogens with zero attached hydrogens (tertiary/aromatic N) is 1. The Kier molecular flexibility index (Phi) is 10.8. The predicted octanol–water partition coefficient (Wildman–Crippen LogP) is 1.61. The molecule has 0 radical (unpaired) electrons. The Morgan fingerprint density at radius 1 is 1.08 bits per heavy atom. The summed E-state index contributed by atoms with van der Waals surface area (Å²) in [5.41, 5.74) is 0. The number of unbranched alkanes of at least 4 members (excludes halogenated alkanes) is 1. The molecule has 1 heterocycles. The molecule has 12 heavy (non-hydrogen) atoms. The molecule has 1 saturated heterocycles. The Bertz CT molecular complexity index is 82.6. The highest BCUT2D eigenvalue weighted by molar-refractivity contribution is 4.63. The lowest BCUT2D eigenvalue weighted by Gasteiger charge is -2.25. The molecule has 0 aliphatic carbocycles. The van der Waals surface area contributed by atoms with Crippen molar-refractivity contribution < 1.29 is 5.48 Å². The number of hydrogen-bond acceptors (Lipinski definition) is 2. The first-order valence-electron chi connectivity index (χ1n) is 4.66. The lowest BCUT2D eigenvalue weighted by atomic mass is 10.1. The molecule has 1 fully saturated rings. The van der Waals surface area contributed by atoms with Crippen LogP contribution in [0.5, 0.6) is 0 Å². The van der Waals surface area contributed by atoms with Crippen molar-refractivity contribution in [2.24, 2.45) is 0 Å². The van der Waals surface area contributed by atoms with Gasteiger partial charge in [-0.15, -0.1) is 0 Å². The lowest BCUT2D eigenvalue weighted by molar-refractivity contribution is 0.226. The van der Waals surface area contributed by atoms with Crippen LogP contribution in [0.3, 0.4) is 0 Å². The number of rotatable bonds is 3. The number of likely N-dealkylation sites (tertiary alicyclic amines) is 1. The summed E-state index contributed by atoms with van der Waals surface area (Å²) in [5.74, 6) is 0. The van der Waals surface area contributed by atoms with Crippen LogP contribution >= 0.6 is 0 Å². The summed E-state index contributed by atoms with van der Waals surface area (Å²) in [6.07, 6.45) is 7.06. The van der Waals surface area contributed by atoms with E-state index in [4.69, 9.17) is 0 Å². The van der Waals surface area contributed by atoms with Gasteiger partial charge >= 0.3 is 0 Å².